The molecule has 3 aliphatic rings. The number of rotatable bonds is 26. The molecule has 31 nitrogen and oxygen atoms in total. The van der Waals surface area contributed by atoms with Crippen LogP contribution in [-0.2, 0) is 78.8 Å². The van der Waals surface area contributed by atoms with Crippen molar-refractivity contribution in [3.63, 3.8) is 0 Å². The van der Waals surface area contributed by atoms with E-state index < -0.39 is 126 Å². The van der Waals surface area contributed by atoms with E-state index in [-0.39, 0.29) is 51.1 Å². The average Bonchev–Trinajstić information content (AvgIpc) is 1.57. The third-order valence-electron chi connectivity index (χ3n) is 15.4. The number of carbonyl (C=O) groups excluding carboxylic acids is 1. The summed E-state index contributed by atoms with van der Waals surface area (Å²) in [5.74, 6) is 5.39. The smallest absolute Gasteiger partial charge is 0.490 e. The number of nitro benzene ring substituents is 1. The average molecular weight is 1390 g/mol. The number of benzene rings is 3. The molecule has 0 saturated carbocycles. The van der Waals surface area contributed by atoms with Gasteiger partial charge >= 0.3 is 29.2 Å². The summed E-state index contributed by atoms with van der Waals surface area (Å²) in [6.07, 6.45) is 2.57. The monoisotopic (exact) mass is 1390 g/mol. The van der Waals surface area contributed by atoms with Crippen LogP contribution in [0.4, 0.5) is 17.1 Å². The van der Waals surface area contributed by atoms with E-state index in [9.17, 15) is 79.0 Å². The number of H-pyrrole nitrogens is 1. The van der Waals surface area contributed by atoms with Crippen LogP contribution in [-0.4, -0.2) is 127 Å². The number of aromatic amines is 1. The Kier molecular flexibility index (Phi) is 22.2. The molecule has 2 unspecified atom stereocenters. The normalized spacial score (nSPS) is 20.1. The number of nitrogens with one attached hydrogen (secondary N) is 2. The number of aliphatic hydroxyl groups is 1. The Labute approximate surface area is 528 Å². The van der Waals surface area contributed by atoms with Gasteiger partial charge in [0, 0.05) is 72.6 Å². The Morgan fingerprint density at radius 2 is 1.60 bits per heavy atom. The lowest BCUT2D eigenvalue weighted by atomic mass is 9.81. The van der Waals surface area contributed by atoms with Crippen molar-refractivity contribution in [2.75, 3.05) is 38.3 Å². The number of hydrogen-bond donors (Lipinski definition) is 9. The highest BCUT2D eigenvalue weighted by atomic mass is 32.2. The van der Waals surface area contributed by atoms with Crippen molar-refractivity contribution >= 4 is 72.4 Å². The maximum atomic E-state index is 13.1. The van der Waals surface area contributed by atoms with Gasteiger partial charge in [0.05, 0.1) is 75.9 Å². The molecule has 0 spiro atoms. The van der Waals surface area contributed by atoms with Crippen LogP contribution in [0, 0.1) is 27.4 Å². The van der Waals surface area contributed by atoms with Crippen molar-refractivity contribution in [3.8, 4) is 17.6 Å². The van der Waals surface area contributed by atoms with Gasteiger partial charge in [-0.2, -0.15) is 30.0 Å². The first-order chi connectivity index (χ1) is 42.5. The molecular formula is C56H72N6O25P3S2+. The minimum atomic E-state index is -5.86. The highest BCUT2D eigenvalue weighted by molar-refractivity contribution is 7.86. The topological polar surface area (TPSA) is 450 Å². The minimum absolute atomic E-state index is 0.0117. The number of amides is 1. The predicted octanol–water partition coefficient (Wildman–Crippen LogP) is 6.60. The van der Waals surface area contributed by atoms with Gasteiger partial charge in [0.25, 0.3) is 31.5 Å². The fourth-order valence-electron chi connectivity index (χ4n) is 11.1. The largest absolute Gasteiger partial charge is 0.495 e. The molecule has 92 heavy (non-hydrogen) atoms. The summed E-state index contributed by atoms with van der Waals surface area (Å²) in [6.45, 7) is 14.1. The summed E-state index contributed by atoms with van der Waals surface area (Å²) in [6, 6.07) is 11.5. The molecule has 1 saturated heterocycles. The molecule has 3 aromatic carbocycles. The third kappa shape index (κ3) is 17.3. The number of phosphoric ester groups is 1. The number of nitro groups is 1. The summed E-state index contributed by atoms with van der Waals surface area (Å²) in [5, 5.41) is 26.1. The summed E-state index contributed by atoms with van der Waals surface area (Å²) in [7, 11) is -24.9. The highest BCUT2D eigenvalue weighted by Gasteiger charge is 2.47. The molecule has 0 bridgehead atoms. The zero-order chi connectivity index (χ0) is 68.5. The number of nitrogens with zero attached hydrogens (tertiary/aromatic N) is 4. The van der Waals surface area contributed by atoms with E-state index in [1.54, 1.807) is 32.9 Å². The molecule has 4 aromatic rings. The summed E-state index contributed by atoms with van der Waals surface area (Å²) < 4.78 is 136. The number of phosphoric acid groups is 3. The van der Waals surface area contributed by atoms with Crippen molar-refractivity contribution < 1.29 is 106 Å². The van der Waals surface area contributed by atoms with Crippen LogP contribution >= 0.6 is 23.5 Å². The number of likely N-dealkylation sites (N-methyl/N-ethyl adjacent to an activating group) is 1. The number of ether oxygens (including phenoxy) is 3. The number of methoxy groups -OCH3 is 1. The first-order valence-corrected chi connectivity index (χ1v) is 35.6. The predicted molar refractivity (Wildman–Crippen MR) is 329 cm³/mol. The van der Waals surface area contributed by atoms with E-state index in [1.807, 2.05) is 52.8 Å². The van der Waals surface area contributed by atoms with Crippen molar-refractivity contribution in [1.29, 1.82) is 0 Å². The van der Waals surface area contributed by atoms with Gasteiger partial charge in [-0.25, -0.2) is 18.5 Å². The van der Waals surface area contributed by atoms with Gasteiger partial charge in [0.2, 0.25) is 11.6 Å². The van der Waals surface area contributed by atoms with E-state index in [0.29, 0.717) is 37.9 Å². The molecule has 1 aromatic heterocycles. The number of carbonyl (C=O) groups is 1. The number of hydrogen-bond acceptors (Lipinski definition) is 20. The Balaban J connectivity index is 0.991. The molecule has 4 heterocycles. The van der Waals surface area contributed by atoms with Crippen molar-refractivity contribution in [1.82, 2.24) is 14.9 Å². The lowest BCUT2D eigenvalue weighted by Gasteiger charge is -2.31. The van der Waals surface area contributed by atoms with Crippen LogP contribution in [0.1, 0.15) is 128 Å². The molecule has 3 aliphatic heterocycles. The van der Waals surface area contributed by atoms with Crippen LogP contribution in [0.25, 0.3) is 0 Å². The maximum Gasteiger partial charge on any atom is 0.490 e. The molecule has 0 aliphatic carbocycles. The first kappa shape index (κ1) is 73.0. The molecular weight excluding hydrogens is 1310 g/mol. The Hall–Kier alpha value is -6.37. The fraction of sp³-hybridized carbons (Fsp3) is 0.464. The first-order valence-electron chi connectivity index (χ1n) is 28.2. The van der Waals surface area contributed by atoms with Crippen LogP contribution in [0.3, 0.4) is 0 Å². The summed E-state index contributed by atoms with van der Waals surface area (Å²) >= 11 is 0. The maximum absolute atomic E-state index is 13.1. The number of allylic oxidation sites excluding steroid dienone is 4. The van der Waals surface area contributed by atoms with E-state index in [2.05, 4.69) is 44.8 Å². The van der Waals surface area contributed by atoms with Gasteiger partial charge in [-0.15, -0.1) is 0 Å². The van der Waals surface area contributed by atoms with Crippen molar-refractivity contribution in [3.05, 3.63) is 137 Å². The van der Waals surface area contributed by atoms with E-state index in [0.717, 1.165) is 39.1 Å². The SMILES string of the molecule is CCN1/C(=C/C=C/C2=[N+](CCCCCC(=O)NCC#Cc3cc([N+](=O)[O-])c([C@@H](OCc4cn([C@H]5C[C@H](O)[C@@H](COP(=O)(O)OP(=O)(O)OP(=O)(O)O)O5)c(=O)[nH]c4=O)C(C)(C)C)cc3OC)c3ccc(S(=O)(=O)O)cc3C2(C)C)C(C)(C)c2cc(S(=O)(=O)O)ccc21. The van der Waals surface area contributed by atoms with Gasteiger partial charge in [-0.05, 0) is 87.1 Å². The van der Waals surface area contributed by atoms with Gasteiger partial charge in [0.15, 0.2) is 5.71 Å². The highest BCUT2D eigenvalue weighted by Crippen LogP contribution is 2.66. The van der Waals surface area contributed by atoms with Crippen molar-refractivity contribution in [2.45, 2.75) is 139 Å². The van der Waals surface area contributed by atoms with Crippen LogP contribution in [0.5, 0.6) is 5.75 Å². The zero-order valence-corrected chi connectivity index (χ0v) is 55.6. The quantitative estimate of drug-likeness (QED) is 0.00607. The Bertz CT molecular complexity index is 4240. The van der Waals surface area contributed by atoms with Crippen LogP contribution in [0.15, 0.2) is 98.0 Å². The lowest BCUT2D eigenvalue weighted by Crippen LogP contribution is -2.35. The van der Waals surface area contributed by atoms with E-state index in [1.165, 1.54) is 43.5 Å². The lowest BCUT2D eigenvalue weighted by molar-refractivity contribution is -0.438. The van der Waals surface area contributed by atoms with E-state index >= 15 is 0 Å². The second-order valence-corrected chi connectivity index (χ2v) is 31.0. The summed E-state index contributed by atoms with van der Waals surface area (Å²) in [4.78, 5) is 91.8. The number of unbranched alkanes of at least 4 members (excludes halogenated alkanes) is 2. The Morgan fingerprint density at radius 3 is 2.21 bits per heavy atom. The van der Waals surface area contributed by atoms with Gasteiger partial charge in [-0.3, -0.25) is 42.9 Å². The van der Waals surface area contributed by atoms with Gasteiger partial charge < -0.3 is 49.1 Å². The zero-order valence-electron chi connectivity index (χ0n) is 51.2. The van der Waals surface area contributed by atoms with Gasteiger partial charge in [-0.1, -0.05) is 52.5 Å². The molecule has 7 rings (SSSR count). The van der Waals surface area contributed by atoms with Crippen LogP contribution in [0.2, 0.25) is 0 Å². The molecule has 36 heteroatoms. The van der Waals surface area contributed by atoms with Gasteiger partial charge in [0.1, 0.15) is 24.6 Å². The fourth-order valence-corrected chi connectivity index (χ4v) is 15.1. The standard InChI is InChI=1S/C56H71N6O25P3S2/c1-10-59-41-22-20-36(91(76,77)78)27-39(41)55(5,6)47(59)17-14-18-48-56(7,8)40-28-37(92(79,80)81)21-23-42(40)60(48)25-13-11-12-19-49(64)57-24-15-16-34-26-43(62(67)68)38(29-45(34)82-9)51(54(2,3)4)83-32-35-31-61(53(66)58-52(35)65)50-30-44(63)46(85-50)33-84-89(72,73)87-90(74,75)86-88(69,70)71/h14,17-18,20-23,26-29,31,44,46,50-51,63H,10-13,19,24-25,30,32-33H2,1-9H3,(H7-,57,58,64,65,66,69,70,71,72,73,74,75,76,77,78,79,80,81)/p+1/t44-,46+,50+,51+/m0/s1. The number of anilines is 1. The summed E-state index contributed by atoms with van der Waals surface area (Å²) in [5.41, 5.74) is -0.282. The van der Waals surface area contributed by atoms with E-state index in [4.69, 9.17) is 24.0 Å². The molecule has 1 amide bonds. The second kappa shape index (κ2) is 27.9. The molecule has 9 N–H and O–H groups in total. The number of fused-ring (bicyclic) bond motifs is 2. The van der Waals surface area contributed by atoms with Crippen LogP contribution < -0.4 is 26.2 Å². The second-order valence-electron chi connectivity index (χ2n) is 23.7. The minimum Gasteiger partial charge on any atom is -0.495 e. The molecule has 6 atom stereocenters. The molecule has 1 fully saturated rings. The van der Waals surface area contributed by atoms with Crippen molar-refractivity contribution in [2.24, 2.45) is 5.41 Å². The third-order valence-corrected chi connectivity index (χ3v) is 20.9. The Morgan fingerprint density at radius 1 is 0.946 bits per heavy atom. The number of aromatic nitrogens is 2. The number of aliphatic hydroxyl groups excluding tert-OH is 1. The molecule has 502 valence electrons. The molecule has 0 radical (unpaired) electrons.